The van der Waals surface area contributed by atoms with E-state index in [9.17, 15) is 18.0 Å². The molecule has 3 heterocycles. The lowest BCUT2D eigenvalue weighted by Gasteiger charge is -2.32. The molecule has 9 nitrogen and oxygen atoms in total. The summed E-state index contributed by atoms with van der Waals surface area (Å²) in [6.07, 6.45) is -1.26. The Morgan fingerprint density at radius 2 is 1.68 bits per heavy atom. The standard InChI is InChI=1S/C32H37F3N8O/c1-36-29-28-26(21-9-11-24(12-10-21)37-31(44)38-25-6-3-5-23(19-25)32(33,34)35)20-27(22-7-8-22)39-30(28)43(40-29)14-4-13-42-17-15-41(2)16-18-42/h3,5-6,9-12,19-20,22H,4,7-8,13-18H2,1-2H3,(H,36,40)(H2,37,38,44). The number of nitrogens with zero attached hydrogens (tertiary/aromatic N) is 5. The Morgan fingerprint density at radius 3 is 2.36 bits per heavy atom. The average molecular weight is 607 g/mol. The summed E-state index contributed by atoms with van der Waals surface area (Å²) in [5.74, 6) is 1.22. The number of benzene rings is 2. The van der Waals surface area contributed by atoms with Gasteiger partial charge in [0.25, 0.3) is 0 Å². The van der Waals surface area contributed by atoms with Crippen LogP contribution in [0, 0.1) is 0 Å². The molecular formula is C32H37F3N8O. The van der Waals surface area contributed by atoms with Gasteiger partial charge in [-0.2, -0.15) is 18.3 Å². The Kier molecular flexibility index (Phi) is 8.46. The average Bonchev–Trinajstić information content (AvgIpc) is 3.80. The molecule has 2 fully saturated rings. The summed E-state index contributed by atoms with van der Waals surface area (Å²) in [6.45, 7) is 6.16. The Morgan fingerprint density at radius 1 is 0.955 bits per heavy atom. The lowest BCUT2D eigenvalue weighted by Crippen LogP contribution is -2.44. The van der Waals surface area contributed by atoms with Crippen LogP contribution in [0.15, 0.2) is 54.6 Å². The zero-order valence-corrected chi connectivity index (χ0v) is 24.9. The number of alkyl halides is 3. The van der Waals surface area contributed by atoms with Crippen molar-refractivity contribution in [2.45, 2.75) is 37.9 Å². The topological polar surface area (TPSA) is 90.4 Å². The number of piperazine rings is 1. The van der Waals surface area contributed by atoms with Gasteiger partial charge in [0.15, 0.2) is 11.5 Å². The Hall–Kier alpha value is -4.16. The van der Waals surface area contributed by atoms with Gasteiger partial charge in [-0.05, 0) is 73.8 Å². The van der Waals surface area contributed by atoms with Gasteiger partial charge in [-0.1, -0.05) is 18.2 Å². The molecule has 2 aromatic carbocycles. The minimum atomic E-state index is -4.49. The zero-order chi connectivity index (χ0) is 30.8. The number of urea groups is 1. The number of pyridine rings is 1. The lowest BCUT2D eigenvalue weighted by atomic mass is 10.0. The number of rotatable bonds is 9. The van der Waals surface area contributed by atoms with E-state index in [1.807, 2.05) is 23.9 Å². The molecule has 1 saturated carbocycles. The third kappa shape index (κ3) is 6.81. The van der Waals surface area contributed by atoms with E-state index < -0.39 is 17.8 Å². The van der Waals surface area contributed by atoms with Crippen LogP contribution in [0.5, 0.6) is 0 Å². The van der Waals surface area contributed by atoms with Crippen LogP contribution in [0.3, 0.4) is 0 Å². The van der Waals surface area contributed by atoms with E-state index in [4.69, 9.17) is 10.1 Å². The molecule has 1 aliphatic carbocycles. The summed E-state index contributed by atoms with van der Waals surface area (Å²) in [4.78, 5) is 22.5. The predicted octanol–water partition coefficient (Wildman–Crippen LogP) is 6.32. The van der Waals surface area contributed by atoms with Crippen molar-refractivity contribution in [1.82, 2.24) is 24.6 Å². The summed E-state index contributed by atoms with van der Waals surface area (Å²) in [6, 6.07) is 13.5. The summed E-state index contributed by atoms with van der Waals surface area (Å²) in [5.41, 5.74) is 3.66. The van der Waals surface area contributed by atoms with E-state index in [-0.39, 0.29) is 5.69 Å². The molecular weight excluding hydrogens is 569 g/mol. The van der Waals surface area contributed by atoms with Crippen LogP contribution in [0.25, 0.3) is 22.2 Å². The van der Waals surface area contributed by atoms with Crippen LogP contribution in [-0.2, 0) is 12.7 Å². The van der Waals surface area contributed by atoms with Crippen LogP contribution in [-0.4, -0.2) is 77.4 Å². The van der Waals surface area contributed by atoms with Gasteiger partial charge in [-0.15, -0.1) is 0 Å². The molecule has 4 aromatic rings. The van der Waals surface area contributed by atoms with Crippen molar-refractivity contribution in [2.75, 3.05) is 62.8 Å². The minimum absolute atomic E-state index is 0.0564. The number of hydrogen-bond donors (Lipinski definition) is 3. The van der Waals surface area contributed by atoms with E-state index in [1.54, 1.807) is 12.1 Å². The normalized spacial score (nSPS) is 16.3. The number of aromatic nitrogens is 3. The first-order valence-corrected chi connectivity index (χ1v) is 15.0. The fourth-order valence-corrected chi connectivity index (χ4v) is 5.65. The van der Waals surface area contributed by atoms with E-state index in [1.165, 1.54) is 12.1 Å². The number of hydrogen-bond acceptors (Lipinski definition) is 6. The molecule has 0 radical (unpaired) electrons. The number of likely N-dealkylation sites (N-methyl/N-ethyl adjacent to an activating group) is 1. The van der Waals surface area contributed by atoms with Gasteiger partial charge in [0.05, 0.1) is 10.9 Å². The van der Waals surface area contributed by atoms with Crippen molar-refractivity contribution in [2.24, 2.45) is 0 Å². The van der Waals surface area contributed by atoms with Gasteiger partial charge < -0.3 is 25.8 Å². The largest absolute Gasteiger partial charge is 0.416 e. The highest BCUT2D eigenvalue weighted by molar-refractivity contribution is 6.02. The monoisotopic (exact) mass is 606 g/mol. The SMILES string of the molecule is CNc1nn(CCCN2CCN(C)CC2)c2nc(C3CC3)cc(-c3ccc(NC(=O)Nc4cccc(C(F)(F)F)c4)cc3)c12. The quantitative estimate of drug-likeness (QED) is 0.207. The summed E-state index contributed by atoms with van der Waals surface area (Å²) in [5, 5.41) is 14.3. The van der Waals surface area contributed by atoms with Gasteiger partial charge in [-0.3, -0.25) is 0 Å². The van der Waals surface area contributed by atoms with Crippen LogP contribution >= 0.6 is 0 Å². The van der Waals surface area contributed by atoms with Crippen LogP contribution in [0.1, 0.15) is 36.4 Å². The Labute approximate surface area is 254 Å². The van der Waals surface area contributed by atoms with Crippen LogP contribution in [0.2, 0.25) is 0 Å². The molecule has 232 valence electrons. The predicted molar refractivity (Wildman–Crippen MR) is 167 cm³/mol. The molecule has 3 N–H and O–H groups in total. The number of nitrogens with one attached hydrogen (secondary N) is 3. The second kappa shape index (κ2) is 12.4. The molecule has 0 spiro atoms. The van der Waals surface area contributed by atoms with Gasteiger partial charge in [0.2, 0.25) is 0 Å². The maximum atomic E-state index is 13.0. The molecule has 2 aliphatic rings. The number of anilines is 3. The summed E-state index contributed by atoms with van der Waals surface area (Å²) in [7, 11) is 4.03. The van der Waals surface area contributed by atoms with E-state index in [0.717, 1.165) is 104 Å². The van der Waals surface area contributed by atoms with Crippen molar-refractivity contribution in [3.63, 3.8) is 0 Å². The number of amides is 2. The second-order valence-electron chi connectivity index (χ2n) is 11.6. The number of aryl methyl sites for hydroxylation is 1. The minimum Gasteiger partial charge on any atom is -0.371 e. The first kappa shape index (κ1) is 29.9. The maximum absolute atomic E-state index is 13.0. The van der Waals surface area contributed by atoms with E-state index in [0.29, 0.717) is 11.6 Å². The van der Waals surface area contributed by atoms with E-state index in [2.05, 4.69) is 38.9 Å². The smallest absolute Gasteiger partial charge is 0.371 e. The molecule has 0 atom stereocenters. The lowest BCUT2D eigenvalue weighted by molar-refractivity contribution is -0.137. The summed E-state index contributed by atoms with van der Waals surface area (Å²) >= 11 is 0. The van der Waals surface area contributed by atoms with Gasteiger partial charge in [0, 0.05) is 69.3 Å². The second-order valence-corrected chi connectivity index (χ2v) is 11.6. The molecule has 0 unspecified atom stereocenters. The first-order valence-electron chi connectivity index (χ1n) is 15.0. The highest BCUT2D eigenvalue weighted by Gasteiger charge is 2.31. The van der Waals surface area contributed by atoms with Crippen LogP contribution < -0.4 is 16.0 Å². The zero-order valence-electron chi connectivity index (χ0n) is 24.9. The fourth-order valence-electron chi connectivity index (χ4n) is 5.65. The van der Waals surface area contributed by atoms with E-state index >= 15 is 0 Å². The third-order valence-electron chi connectivity index (χ3n) is 8.30. The van der Waals surface area contributed by atoms with Crippen molar-refractivity contribution in [1.29, 1.82) is 0 Å². The van der Waals surface area contributed by atoms with Crippen molar-refractivity contribution in [3.8, 4) is 11.1 Å². The molecule has 44 heavy (non-hydrogen) atoms. The molecule has 0 bridgehead atoms. The highest BCUT2D eigenvalue weighted by Crippen LogP contribution is 2.43. The number of carbonyl (C=O) groups is 1. The van der Waals surface area contributed by atoms with Crippen molar-refractivity contribution >= 4 is 34.3 Å². The van der Waals surface area contributed by atoms with Gasteiger partial charge >= 0.3 is 12.2 Å². The Balaban J connectivity index is 1.20. The Bertz CT molecular complexity index is 1620. The molecule has 1 aliphatic heterocycles. The van der Waals surface area contributed by atoms with Crippen molar-refractivity contribution in [3.05, 3.63) is 65.9 Å². The molecule has 2 aromatic heterocycles. The highest BCUT2D eigenvalue weighted by atomic mass is 19.4. The van der Waals surface area contributed by atoms with Crippen LogP contribution in [0.4, 0.5) is 35.2 Å². The van der Waals surface area contributed by atoms with Gasteiger partial charge in [-0.25, -0.2) is 14.5 Å². The first-order chi connectivity index (χ1) is 21.2. The number of halogens is 3. The number of fused-ring (bicyclic) bond motifs is 1. The maximum Gasteiger partial charge on any atom is 0.416 e. The summed E-state index contributed by atoms with van der Waals surface area (Å²) < 4.78 is 41.1. The number of carbonyl (C=O) groups excluding carboxylic acids is 1. The molecule has 2 amide bonds. The molecule has 6 rings (SSSR count). The molecule has 1 saturated heterocycles. The van der Waals surface area contributed by atoms with Gasteiger partial charge in [0.1, 0.15) is 0 Å². The van der Waals surface area contributed by atoms with Crippen molar-refractivity contribution < 1.29 is 18.0 Å². The fraction of sp³-hybridized carbons (Fsp3) is 0.406. The third-order valence-corrected chi connectivity index (χ3v) is 8.30. The molecule has 12 heteroatoms.